The Labute approximate surface area is 242 Å². The van der Waals surface area contributed by atoms with E-state index in [0.717, 1.165) is 0 Å². The number of pyridine rings is 1. The molecule has 4 N–H and O–H groups in total. The molecule has 218 valence electrons. The molecule has 5 aromatic rings. The van der Waals surface area contributed by atoms with E-state index < -0.39 is 35.0 Å². The summed E-state index contributed by atoms with van der Waals surface area (Å²) < 4.78 is 8.14. The van der Waals surface area contributed by atoms with E-state index in [4.69, 9.17) is 14.9 Å². The zero-order valence-corrected chi connectivity index (χ0v) is 22.8. The zero-order valence-electron chi connectivity index (χ0n) is 22.8. The molecule has 0 aliphatic rings. The molecular weight excluding hydrogens is 562 g/mol. The Kier molecular flexibility index (Phi) is 7.07. The van der Waals surface area contributed by atoms with Gasteiger partial charge in [-0.05, 0) is 57.2 Å². The van der Waals surface area contributed by atoms with Gasteiger partial charge in [0.2, 0.25) is 0 Å². The SMILES string of the molecule is CC(C)(C)OC(=O)c1cc(-c2cn(-c3ccc(C(=O)O)c(O)c3)nn2)nc(-c2cn(-c3ccc(C(=O)O)c(O)c3)nn2)c1. The molecule has 0 spiro atoms. The molecule has 15 heteroatoms. The van der Waals surface area contributed by atoms with Crippen molar-refractivity contribution in [1.82, 2.24) is 35.0 Å². The monoisotopic (exact) mass is 585 g/mol. The van der Waals surface area contributed by atoms with E-state index >= 15 is 0 Å². The molecule has 0 fully saturated rings. The molecule has 43 heavy (non-hydrogen) atoms. The van der Waals surface area contributed by atoms with Crippen LogP contribution in [-0.2, 0) is 4.74 Å². The molecule has 0 radical (unpaired) electrons. The predicted octanol–water partition coefficient (Wildman–Crippen LogP) is 3.34. The van der Waals surface area contributed by atoms with E-state index in [1.165, 1.54) is 70.3 Å². The molecule has 0 unspecified atom stereocenters. The van der Waals surface area contributed by atoms with Gasteiger partial charge in [0.25, 0.3) is 0 Å². The first-order chi connectivity index (χ1) is 20.3. The van der Waals surface area contributed by atoms with Crippen LogP contribution in [-0.4, -0.2) is 78.9 Å². The maximum atomic E-state index is 13.0. The molecule has 3 aromatic heterocycles. The third kappa shape index (κ3) is 6.00. The Balaban J connectivity index is 1.55. The van der Waals surface area contributed by atoms with Crippen LogP contribution < -0.4 is 0 Å². The van der Waals surface area contributed by atoms with Gasteiger partial charge in [-0.3, -0.25) is 0 Å². The fraction of sp³-hybridized carbons (Fsp3) is 0.143. The number of aromatic hydroxyl groups is 2. The van der Waals surface area contributed by atoms with Gasteiger partial charge in [0.05, 0.1) is 40.7 Å². The van der Waals surface area contributed by atoms with Gasteiger partial charge in [-0.2, -0.15) is 0 Å². The van der Waals surface area contributed by atoms with Crippen LogP contribution in [0, 0.1) is 0 Å². The van der Waals surface area contributed by atoms with Crippen molar-refractivity contribution in [3.8, 4) is 45.6 Å². The third-order valence-corrected chi connectivity index (χ3v) is 5.92. The minimum absolute atomic E-state index is 0.130. The van der Waals surface area contributed by atoms with E-state index in [1.807, 2.05) is 0 Å². The summed E-state index contributed by atoms with van der Waals surface area (Å²) in [7, 11) is 0. The number of aromatic nitrogens is 7. The Morgan fingerprint density at radius 2 is 1.14 bits per heavy atom. The number of hydrogen-bond donors (Lipinski definition) is 4. The standard InChI is InChI=1S/C28H23N7O8/c1-28(2,3)43-27(42)14-8-19(21-12-34(32-30-21)15-4-6-17(25(38)39)23(36)10-15)29-20(9-14)22-13-35(33-31-22)16-5-7-18(26(40)41)24(37)11-16/h4-13,36-37H,1-3H3,(H,38,39)(H,40,41). The van der Waals surface area contributed by atoms with Gasteiger partial charge in [-0.25, -0.2) is 28.7 Å². The highest BCUT2D eigenvalue weighted by Gasteiger charge is 2.22. The van der Waals surface area contributed by atoms with Crippen LogP contribution in [0.25, 0.3) is 34.2 Å². The molecule has 0 saturated heterocycles. The number of phenols is 2. The summed E-state index contributed by atoms with van der Waals surface area (Å²) in [6.45, 7) is 5.17. The predicted molar refractivity (Wildman–Crippen MR) is 147 cm³/mol. The van der Waals surface area contributed by atoms with Gasteiger partial charge < -0.3 is 25.2 Å². The second-order valence-corrected chi connectivity index (χ2v) is 10.2. The van der Waals surface area contributed by atoms with Gasteiger partial charge >= 0.3 is 17.9 Å². The number of carbonyl (C=O) groups excluding carboxylic acids is 1. The Morgan fingerprint density at radius 3 is 1.51 bits per heavy atom. The smallest absolute Gasteiger partial charge is 0.339 e. The first kappa shape index (κ1) is 28.4. The largest absolute Gasteiger partial charge is 0.507 e. The van der Waals surface area contributed by atoms with Crippen LogP contribution in [0.5, 0.6) is 11.5 Å². The number of esters is 1. The number of aromatic carboxylic acids is 2. The summed E-state index contributed by atoms with van der Waals surface area (Å²) >= 11 is 0. The lowest BCUT2D eigenvalue weighted by Crippen LogP contribution is -2.24. The van der Waals surface area contributed by atoms with Crippen LogP contribution in [0.3, 0.4) is 0 Å². The van der Waals surface area contributed by atoms with Gasteiger partial charge in [0.15, 0.2) is 0 Å². The molecule has 0 aliphatic heterocycles. The van der Waals surface area contributed by atoms with Crippen molar-refractivity contribution in [3.63, 3.8) is 0 Å². The lowest BCUT2D eigenvalue weighted by Gasteiger charge is -2.19. The lowest BCUT2D eigenvalue weighted by molar-refractivity contribution is 0.00690. The van der Waals surface area contributed by atoms with Crippen LogP contribution in [0.1, 0.15) is 51.8 Å². The first-order valence-electron chi connectivity index (χ1n) is 12.5. The highest BCUT2D eigenvalue weighted by molar-refractivity contribution is 5.93. The van der Waals surface area contributed by atoms with E-state index in [9.17, 15) is 24.6 Å². The van der Waals surface area contributed by atoms with Gasteiger partial charge in [0, 0.05) is 12.1 Å². The number of rotatable bonds is 7. The van der Waals surface area contributed by atoms with Crippen molar-refractivity contribution < 1.29 is 39.5 Å². The highest BCUT2D eigenvalue weighted by atomic mass is 16.6. The number of benzene rings is 2. The minimum atomic E-state index is -1.29. The maximum absolute atomic E-state index is 13.0. The van der Waals surface area contributed by atoms with Crippen molar-refractivity contribution in [2.75, 3.05) is 0 Å². The van der Waals surface area contributed by atoms with Crippen molar-refractivity contribution in [1.29, 1.82) is 0 Å². The quantitative estimate of drug-likeness (QED) is 0.202. The minimum Gasteiger partial charge on any atom is -0.507 e. The number of carbonyl (C=O) groups is 3. The zero-order chi connectivity index (χ0) is 31.1. The fourth-order valence-corrected chi connectivity index (χ4v) is 3.95. The Morgan fingerprint density at radius 1 is 0.698 bits per heavy atom. The molecule has 3 heterocycles. The molecule has 5 rings (SSSR count). The van der Waals surface area contributed by atoms with Crippen molar-refractivity contribution >= 4 is 17.9 Å². The van der Waals surface area contributed by atoms with E-state index in [0.29, 0.717) is 11.4 Å². The number of carboxylic acids is 2. The van der Waals surface area contributed by atoms with Crippen molar-refractivity contribution in [2.45, 2.75) is 26.4 Å². The summed E-state index contributed by atoms with van der Waals surface area (Å²) in [6.07, 6.45) is 2.95. The van der Waals surface area contributed by atoms with E-state index in [1.54, 1.807) is 20.8 Å². The first-order valence-corrected chi connectivity index (χ1v) is 12.5. The summed E-state index contributed by atoms with van der Waals surface area (Å²) in [6, 6.07) is 10.7. The summed E-state index contributed by atoms with van der Waals surface area (Å²) in [5.74, 6) is -4.12. The molecule has 15 nitrogen and oxygen atoms in total. The molecule has 0 atom stereocenters. The van der Waals surface area contributed by atoms with Gasteiger partial charge in [-0.15, -0.1) is 10.2 Å². The summed E-state index contributed by atoms with van der Waals surface area (Å²) in [4.78, 5) is 40.1. The third-order valence-electron chi connectivity index (χ3n) is 5.92. The molecular formula is C28H23N7O8. The average Bonchev–Trinajstić information content (AvgIpc) is 3.62. The maximum Gasteiger partial charge on any atom is 0.339 e. The van der Waals surface area contributed by atoms with Crippen molar-refractivity contribution in [2.24, 2.45) is 0 Å². The second kappa shape index (κ2) is 10.7. The molecule has 0 amide bonds. The molecule has 2 aromatic carbocycles. The number of carboxylic acid groups (broad SMARTS) is 2. The Bertz CT molecular complexity index is 1790. The van der Waals surface area contributed by atoms with E-state index in [-0.39, 0.29) is 39.5 Å². The molecule has 0 bridgehead atoms. The van der Waals surface area contributed by atoms with Crippen LogP contribution in [0.15, 0.2) is 60.9 Å². The number of hydrogen-bond acceptors (Lipinski definition) is 11. The van der Waals surface area contributed by atoms with Gasteiger partial charge in [-0.1, -0.05) is 10.4 Å². The van der Waals surface area contributed by atoms with Crippen molar-refractivity contribution in [3.05, 3.63) is 77.6 Å². The topological polar surface area (TPSA) is 216 Å². The summed E-state index contributed by atoms with van der Waals surface area (Å²) in [5, 5.41) is 54.8. The molecule has 0 aliphatic carbocycles. The van der Waals surface area contributed by atoms with Crippen LogP contribution in [0.2, 0.25) is 0 Å². The summed E-state index contributed by atoms with van der Waals surface area (Å²) in [5.41, 5.74) is 0.332. The van der Waals surface area contributed by atoms with E-state index in [2.05, 4.69) is 25.6 Å². The second-order valence-electron chi connectivity index (χ2n) is 10.2. The van der Waals surface area contributed by atoms with Crippen LogP contribution >= 0.6 is 0 Å². The normalized spacial score (nSPS) is 11.3. The van der Waals surface area contributed by atoms with Gasteiger partial charge in [0.1, 0.15) is 39.6 Å². The van der Waals surface area contributed by atoms with Crippen LogP contribution in [0.4, 0.5) is 0 Å². The Hall–Kier alpha value is -6.12. The lowest BCUT2D eigenvalue weighted by atomic mass is 10.1. The molecule has 0 saturated carbocycles. The number of nitrogens with zero attached hydrogens (tertiary/aromatic N) is 7. The highest BCUT2D eigenvalue weighted by Crippen LogP contribution is 2.27. The fourth-order valence-electron chi connectivity index (χ4n) is 3.95. The number of ether oxygens (including phenoxy) is 1. The average molecular weight is 586 g/mol.